The second kappa shape index (κ2) is 6.33. The summed E-state index contributed by atoms with van der Waals surface area (Å²) in [5.41, 5.74) is 3.95. The largest absolute Gasteiger partial charge is 0.326 e. The van der Waals surface area contributed by atoms with Crippen molar-refractivity contribution in [3.8, 4) is 11.1 Å². The third kappa shape index (κ3) is 2.88. The normalized spacial score (nSPS) is 10.9. The van der Waals surface area contributed by atoms with E-state index in [-0.39, 0.29) is 11.4 Å². The number of imidazole rings is 1. The zero-order valence-electron chi connectivity index (χ0n) is 13.8. The number of hydrogen-bond acceptors (Lipinski definition) is 3. The van der Waals surface area contributed by atoms with Crippen LogP contribution in [0, 0.1) is 10.1 Å². The highest BCUT2D eigenvalue weighted by Crippen LogP contribution is 2.26. The number of nitro benzene ring substituents is 1. The van der Waals surface area contributed by atoms with Crippen LogP contribution in [0.4, 0.5) is 5.69 Å². The molecule has 0 bridgehead atoms. The molecule has 1 N–H and O–H groups in total. The van der Waals surface area contributed by atoms with Crippen LogP contribution >= 0.6 is 0 Å². The maximum Gasteiger partial charge on any atom is 0.326 e. The van der Waals surface area contributed by atoms with E-state index in [0.29, 0.717) is 6.54 Å². The molecule has 0 saturated heterocycles. The number of aromatic nitrogens is 2. The highest BCUT2D eigenvalue weighted by atomic mass is 16.6. The Labute approximate surface area is 148 Å². The van der Waals surface area contributed by atoms with E-state index in [9.17, 15) is 14.9 Å². The second-order valence-electron chi connectivity index (χ2n) is 6.04. The summed E-state index contributed by atoms with van der Waals surface area (Å²) < 4.78 is 1.67. The van der Waals surface area contributed by atoms with E-state index in [4.69, 9.17) is 0 Å². The van der Waals surface area contributed by atoms with Gasteiger partial charge in [0.15, 0.2) is 0 Å². The number of fused-ring (bicyclic) bond motifs is 1. The second-order valence-corrected chi connectivity index (χ2v) is 6.04. The number of nitrogens with zero attached hydrogens (tertiary/aromatic N) is 2. The van der Waals surface area contributed by atoms with E-state index in [0.717, 1.165) is 27.7 Å². The van der Waals surface area contributed by atoms with Crippen LogP contribution in [0.15, 0.2) is 77.6 Å². The van der Waals surface area contributed by atoms with Gasteiger partial charge in [-0.25, -0.2) is 4.79 Å². The van der Waals surface area contributed by atoms with Gasteiger partial charge in [0.2, 0.25) is 0 Å². The summed E-state index contributed by atoms with van der Waals surface area (Å²) in [4.78, 5) is 25.8. The Morgan fingerprint density at radius 3 is 2.46 bits per heavy atom. The molecule has 0 aliphatic heterocycles. The average Bonchev–Trinajstić information content (AvgIpc) is 2.97. The fourth-order valence-corrected chi connectivity index (χ4v) is 3.05. The first-order valence-electron chi connectivity index (χ1n) is 8.13. The Balaban J connectivity index is 1.82. The lowest BCUT2D eigenvalue weighted by Gasteiger charge is -2.06. The number of nitro groups is 1. The molecule has 0 fully saturated rings. The summed E-state index contributed by atoms with van der Waals surface area (Å²) in [5.74, 6) is 0. The van der Waals surface area contributed by atoms with Gasteiger partial charge in [-0.05, 0) is 28.8 Å². The average molecular weight is 345 g/mol. The summed E-state index contributed by atoms with van der Waals surface area (Å²) in [6.07, 6.45) is 0. The maximum absolute atomic E-state index is 12.4. The Bertz CT molecular complexity index is 1160. The lowest BCUT2D eigenvalue weighted by Crippen LogP contribution is -2.17. The van der Waals surface area contributed by atoms with Gasteiger partial charge >= 0.3 is 5.69 Å². The molecule has 1 heterocycles. The Kier molecular flexibility index (Phi) is 3.85. The molecule has 128 valence electrons. The minimum Gasteiger partial charge on any atom is -0.306 e. The highest BCUT2D eigenvalue weighted by Gasteiger charge is 2.11. The molecular formula is C20H15N3O3. The number of aromatic amines is 1. The predicted molar refractivity (Wildman–Crippen MR) is 100 cm³/mol. The van der Waals surface area contributed by atoms with Crippen LogP contribution in [0.25, 0.3) is 22.2 Å². The van der Waals surface area contributed by atoms with Crippen molar-refractivity contribution in [3.05, 3.63) is 99.0 Å². The van der Waals surface area contributed by atoms with E-state index in [1.165, 1.54) is 12.1 Å². The van der Waals surface area contributed by atoms with Crippen LogP contribution in [0.3, 0.4) is 0 Å². The van der Waals surface area contributed by atoms with E-state index >= 15 is 0 Å². The number of H-pyrrole nitrogens is 1. The highest BCUT2D eigenvalue weighted by molar-refractivity contribution is 5.82. The molecule has 26 heavy (non-hydrogen) atoms. The molecule has 0 amide bonds. The SMILES string of the molecule is O=c1[nH]c2ccc(-c3cccc([N+](=O)[O-])c3)cc2n1Cc1ccccc1. The predicted octanol–water partition coefficient (Wildman–Crippen LogP) is 3.95. The van der Waals surface area contributed by atoms with Crippen LogP contribution in [0.5, 0.6) is 0 Å². The van der Waals surface area contributed by atoms with Gasteiger partial charge in [0.25, 0.3) is 5.69 Å². The van der Waals surface area contributed by atoms with Crippen molar-refractivity contribution in [2.45, 2.75) is 6.54 Å². The first-order valence-corrected chi connectivity index (χ1v) is 8.13. The van der Waals surface area contributed by atoms with Crippen molar-refractivity contribution in [2.24, 2.45) is 0 Å². The van der Waals surface area contributed by atoms with Gasteiger partial charge in [0.1, 0.15) is 0 Å². The van der Waals surface area contributed by atoms with Gasteiger partial charge in [-0.1, -0.05) is 48.5 Å². The number of non-ortho nitro benzene ring substituents is 1. The minimum atomic E-state index is -0.413. The third-order valence-corrected chi connectivity index (χ3v) is 4.35. The smallest absolute Gasteiger partial charge is 0.306 e. The minimum absolute atomic E-state index is 0.0401. The molecule has 0 spiro atoms. The van der Waals surface area contributed by atoms with E-state index in [2.05, 4.69) is 4.98 Å². The molecule has 0 aliphatic carbocycles. The summed E-state index contributed by atoms with van der Waals surface area (Å²) in [6.45, 7) is 0.456. The van der Waals surface area contributed by atoms with Gasteiger partial charge in [0, 0.05) is 12.1 Å². The van der Waals surface area contributed by atoms with Crippen molar-refractivity contribution in [3.63, 3.8) is 0 Å². The molecule has 0 saturated carbocycles. The molecule has 0 aliphatic rings. The topological polar surface area (TPSA) is 80.9 Å². The number of benzene rings is 3. The zero-order valence-corrected chi connectivity index (χ0v) is 13.8. The van der Waals surface area contributed by atoms with Crippen LogP contribution in [-0.2, 0) is 6.54 Å². The molecule has 3 aromatic carbocycles. The fourth-order valence-electron chi connectivity index (χ4n) is 3.05. The van der Waals surface area contributed by atoms with E-state index < -0.39 is 4.92 Å². The third-order valence-electron chi connectivity index (χ3n) is 4.35. The van der Waals surface area contributed by atoms with Crippen LogP contribution in [-0.4, -0.2) is 14.5 Å². The Hall–Kier alpha value is -3.67. The first kappa shape index (κ1) is 15.8. The van der Waals surface area contributed by atoms with E-state index in [1.807, 2.05) is 54.6 Å². The maximum atomic E-state index is 12.4. The van der Waals surface area contributed by atoms with Crippen LogP contribution in [0.1, 0.15) is 5.56 Å². The zero-order chi connectivity index (χ0) is 18.1. The fraction of sp³-hybridized carbons (Fsp3) is 0.0500. The molecule has 6 nitrogen and oxygen atoms in total. The summed E-state index contributed by atoms with van der Waals surface area (Å²) in [5, 5.41) is 11.0. The standard InChI is InChI=1S/C20H15N3O3/c24-20-21-18-10-9-16(15-7-4-8-17(11-15)23(25)26)12-19(18)22(20)13-14-5-2-1-3-6-14/h1-12H,13H2,(H,21,24). The number of hydrogen-bond donors (Lipinski definition) is 1. The molecule has 1 aromatic heterocycles. The van der Waals surface area contributed by atoms with E-state index in [1.54, 1.807) is 10.6 Å². The Morgan fingerprint density at radius 2 is 1.69 bits per heavy atom. The quantitative estimate of drug-likeness (QED) is 0.449. The number of nitrogens with one attached hydrogen (secondary N) is 1. The molecule has 6 heteroatoms. The molecule has 4 rings (SSSR count). The van der Waals surface area contributed by atoms with Crippen molar-refractivity contribution < 1.29 is 4.92 Å². The van der Waals surface area contributed by atoms with Crippen molar-refractivity contribution >= 4 is 16.7 Å². The summed E-state index contributed by atoms with van der Waals surface area (Å²) in [6, 6.07) is 21.8. The van der Waals surface area contributed by atoms with Gasteiger partial charge < -0.3 is 4.98 Å². The van der Waals surface area contributed by atoms with Gasteiger partial charge in [0.05, 0.1) is 22.5 Å². The molecule has 0 unspecified atom stereocenters. The number of rotatable bonds is 4. The van der Waals surface area contributed by atoms with Crippen molar-refractivity contribution in [1.29, 1.82) is 0 Å². The lowest BCUT2D eigenvalue weighted by atomic mass is 10.0. The van der Waals surface area contributed by atoms with Gasteiger partial charge in [-0.3, -0.25) is 14.7 Å². The van der Waals surface area contributed by atoms with Crippen molar-refractivity contribution in [1.82, 2.24) is 9.55 Å². The lowest BCUT2D eigenvalue weighted by molar-refractivity contribution is -0.384. The summed E-state index contributed by atoms with van der Waals surface area (Å²) in [7, 11) is 0. The Morgan fingerprint density at radius 1 is 0.923 bits per heavy atom. The molecule has 0 radical (unpaired) electrons. The molecular weight excluding hydrogens is 330 g/mol. The van der Waals surface area contributed by atoms with Gasteiger partial charge in [-0.15, -0.1) is 0 Å². The monoisotopic (exact) mass is 345 g/mol. The van der Waals surface area contributed by atoms with Crippen molar-refractivity contribution in [2.75, 3.05) is 0 Å². The van der Waals surface area contributed by atoms with Crippen LogP contribution < -0.4 is 5.69 Å². The van der Waals surface area contributed by atoms with Gasteiger partial charge in [-0.2, -0.15) is 0 Å². The first-order chi connectivity index (χ1) is 12.6. The molecule has 0 atom stereocenters. The summed E-state index contributed by atoms with van der Waals surface area (Å²) >= 11 is 0. The van der Waals surface area contributed by atoms with Crippen LogP contribution in [0.2, 0.25) is 0 Å². The molecule has 4 aromatic rings.